The Labute approximate surface area is 394 Å². The predicted octanol–water partition coefficient (Wildman–Crippen LogP) is 15.4. The summed E-state index contributed by atoms with van der Waals surface area (Å²) in [5, 5.41) is 8.66. The van der Waals surface area contributed by atoms with Crippen molar-refractivity contribution < 1.29 is 0 Å². The zero-order valence-corrected chi connectivity index (χ0v) is 37.0. The monoisotopic (exact) mass is 869 g/mol. The van der Waals surface area contributed by atoms with Crippen molar-refractivity contribution in [3.8, 4) is 44.8 Å². The van der Waals surface area contributed by atoms with E-state index < -0.39 is 0 Å². The lowest BCUT2D eigenvalue weighted by molar-refractivity contribution is 0.674. The van der Waals surface area contributed by atoms with Gasteiger partial charge in [-0.2, -0.15) is 0 Å². The zero-order valence-electron chi connectivity index (χ0n) is 37.0. The number of rotatable bonds is 8. The fourth-order valence-corrected chi connectivity index (χ4v) is 10.2. The van der Waals surface area contributed by atoms with Crippen molar-refractivity contribution in [3.63, 3.8) is 0 Å². The molecule has 0 fully saturated rings. The van der Waals surface area contributed by atoms with Crippen LogP contribution in [-0.2, 0) is 0 Å². The number of hydrogen-bond acceptors (Lipinski definition) is 3. The van der Waals surface area contributed by atoms with Gasteiger partial charge in [-0.1, -0.05) is 200 Å². The van der Waals surface area contributed by atoms with E-state index in [0.29, 0.717) is 5.84 Å². The molecule has 0 bridgehead atoms. The molecule has 1 N–H and O–H groups in total. The van der Waals surface area contributed by atoms with Gasteiger partial charge in [0.2, 0.25) is 0 Å². The molecule has 10 aromatic carbocycles. The standard InChI is InChI=1S/C63H43N5/c1-5-19-42(20-6-1)43-33-35-47(36-34-43)62-64-61(46-25-11-4-12-26-46)65-63(66-62)48-39-53(44-21-7-2-8-22-44)60(54(40-48)45-23-9-3-10-24-45)68-58-32-18-15-29-52(58)55-41-49(37-38-59(55)68)67-56-30-16-13-27-50(56)51-28-14-17-31-57(51)67/h1-41,61H,(H,64,65,66). The van der Waals surface area contributed by atoms with Crippen LogP contribution in [0.5, 0.6) is 0 Å². The van der Waals surface area contributed by atoms with Gasteiger partial charge < -0.3 is 14.5 Å². The highest BCUT2D eigenvalue weighted by molar-refractivity contribution is 6.16. The Balaban J connectivity index is 1.04. The molecule has 3 heterocycles. The molecule has 0 saturated heterocycles. The molecule has 1 unspecified atom stereocenters. The van der Waals surface area contributed by atoms with Gasteiger partial charge in [-0.25, -0.2) is 9.98 Å². The maximum atomic E-state index is 5.39. The molecule has 0 aliphatic carbocycles. The van der Waals surface area contributed by atoms with Gasteiger partial charge >= 0.3 is 0 Å². The summed E-state index contributed by atoms with van der Waals surface area (Å²) in [5.74, 6) is 1.44. The van der Waals surface area contributed by atoms with E-state index in [-0.39, 0.29) is 6.17 Å². The average molecular weight is 870 g/mol. The van der Waals surface area contributed by atoms with Crippen molar-refractivity contribution in [2.75, 3.05) is 0 Å². The Bertz CT molecular complexity index is 3790. The van der Waals surface area contributed by atoms with Gasteiger partial charge in [0.15, 0.2) is 5.84 Å². The Hall–Kier alpha value is -9.06. The minimum Gasteiger partial charge on any atom is -0.344 e. The number of nitrogens with one attached hydrogen (secondary N) is 1. The lowest BCUT2D eigenvalue weighted by Gasteiger charge is -2.26. The molecule has 5 nitrogen and oxygen atoms in total. The molecule has 1 aliphatic rings. The first-order valence-electron chi connectivity index (χ1n) is 23.2. The zero-order chi connectivity index (χ0) is 45.0. The number of fused-ring (bicyclic) bond motifs is 6. The second kappa shape index (κ2) is 16.4. The van der Waals surface area contributed by atoms with Crippen molar-refractivity contribution in [2.24, 2.45) is 9.98 Å². The third-order valence-electron chi connectivity index (χ3n) is 13.4. The summed E-state index contributed by atoms with van der Waals surface area (Å²) in [4.78, 5) is 10.6. The van der Waals surface area contributed by atoms with Crippen LogP contribution in [0.4, 0.5) is 0 Å². The van der Waals surface area contributed by atoms with Crippen LogP contribution in [0.2, 0.25) is 0 Å². The molecule has 0 spiro atoms. The minimum absolute atomic E-state index is 0.353. The molecule has 0 amide bonds. The van der Waals surface area contributed by atoms with Crippen LogP contribution in [-0.4, -0.2) is 20.8 Å². The maximum Gasteiger partial charge on any atom is 0.159 e. The Morgan fingerprint density at radius 3 is 1.35 bits per heavy atom. The highest BCUT2D eigenvalue weighted by atomic mass is 15.2. The topological polar surface area (TPSA) is 46.6 Å². The summed E-state index contributed by atoms with van der Waals surface area (Å²) in [7, 11) is 0. The number of nitrogens with zero attached hydrogens (tertiary/aromatic N) is 4. The van der Waals surface area contributed by atoms with Crippen LogP contribution in [0.25, 0.3) is 88.4 Å². The molecule has 0 radical (unpaired) electrons. The number of amidine groups is 2. The summed E-state index contributed by atoms with van der Waals surface area (Å²) in [6.07, 6.45) is -0.353. The van der Waals surface area contributed by atoms with Crippen LogP contribution in [0.1, 0.15) is 22.9 Å². The molecule has 1 aliphatic heterocycles. The molecule has 2 aromatic heterocycles. The van der Waals surface area contributed by atoms with E-state index in [1.165, 1.54) is 38.1 Å². The largest absolute Gasteiger partial charge is 0.344 e. The highest BCUT2D eigenvalue weighted by Crippen LogP contribution is 2.44. The molecule has 0 saturated carbocycles. The third-order valence-corrected chi connectivity index (χ3v) is 13.4. The quantitative estimate of drug-likeness (QED) is 0.162. The Kier molecular flexibility index (Phi) is 9.50. The molecule has 13 rings (SSSR count). The first-order valence-corrected chi connectivity index (χ1v) is 23.2. The van der Waals surface area contributed by atoms with Crippen LogP contribution in [0, 0.1) is 0 Å². The van der Waals surface area contributed by atoms with E-state index in [2.05, 4.69) is 251 Å². The van der Waals surface area contributed by atoms with Gasteiger partial charge in [-0.3, -0.25) is 0 Å². The molecule has 1 atom stereocenters. The SMILES string of the molecule is c1ccc(-c2ccc(C3=NC(c4ccccc4)NC(c4cc(-c5ccccc5)c(-n5c6ccccc6c6cc(-n7c8ccccc8c8ccccc87)ccc65)c(-c5ccccc5)c4)=N3)cc2)cc1. The Morgan fingerprint density at radius 1 is 0.338 bits per heavy atom. The van der Waals surface area contributed by atoms with Gasteiger partial charge in [0.25, 0.3) is 0 Å². The van der Waals surface area contributed by atoms with Crippen molar-refractivity contribution in [2.45, 2.75) is 6.17 Å². The van der Waals surface area contributed by atoms with E-state index in [9.17, 15) is 0 Å². The summed E-state index contributed by atoms with van der Waals surface area (Å²) < 4.78 is 4.89. The van der Waals surface area contributed by atoms with Crippen LogP contribution in [0.3, 0.4) is 0 Å². The van der Waals surface area contributed by atoms with Crippen LogP contribution in [0.15, 0.2) is 259 Å². The normalized spacial score (nSPS) is 13.7. The van der Waals surface area contributed by atoms with E-state index in [1.807, 2.05) is 12.1 Å². The predicted molar refractivity (Wildman–Crippen MR) is 283 cm³/mol. The molecule has 320 valence electrons. The molecular formula is C63H43N5. The van der Waals surface area contributed by atoms with Gasteiger partial charge in [0.1, 0.15) is 12.0 Å². The van der Waals surface area contributed by atoms with Gasteiger partial charge in [-0.05, 0) is 76.3 Å². The van der Waals surface area contributed by atoms with Gasteiger partial charge in [0, 0.05) is 49.5 Å². The summed E-state index contributed by atoms with van der Waals surface area (Å²) in [5.41, 5.74) is 16.6. The fourth-order valence-electron chi connectivity index (χ4n) is 10.2. The van der Waals surface area contributed by atoms with Gasteiger partial charge in [-0.15, -0.1) is 0 Å². The summed E-state index contributed by atoms with van der Waals surface area (Å²) in [6, 6.07) is 89.0. The molecular weight excluding hydrogens is 827 g/mol. The van der Waals surface area contributed by atoms with Crippen molar-refractivity contribution in [1.29, 1.82) is 0 Å². The first-order chi connectivity index (χ1) is 33.7. The molecule has 5 heteroatoms. The summed E-state index contributed by atoms with van der Waals surface area (Å²) >= 11 is 0. The van der Waals surface area contributed by atoms with Crippen LogP contribution < -0.4 is 5.32 Å². The highest BCUT2D eigenvalue weighted by Gasteiger charge is 2.26. The lowest BCUT2D eigenvalue weighted by atomic mass is 9.92. The second-order valence-corrected chi connectivity index (χ2v) is 17.4. The Morgan fingerprint density at radius 2 is 0.779 bits per heavy atom. The first kappa shape index (κ1) is 39.3. The van der Waals surface area contributed by atoms with E-state index in [4.69, 9.17) is 9.98 Å². The average Bonchev–Trinajstić information content (AvgIpc) is 3.94. The van der Waals surface area contributed by atoms with Gasteiger partial charge in [0.05, 0.1) is 27.8 Å². The van der Waals surface area contributed by atoms with Crippen LogP contribution >= 0.6 is 0 Å². The lowest BCUT2D eigenvalue weighted by Crippen LogP contribution is -2.33. The maximum absolute atomic E-state index is 5.39. The second-order valence-electron chi connectivity index (χ2n) is 17.4. The smallest absolute Gasteiger partial charge is 0.159 e. The summed E-state index contributed by atoms with van der Waals surface area (Å²) in [6.45, 7) is 0. The van der Waals surface area contributed by atoms with E-state index in [0.717, 1.165) is 72.8 Å². The fraction of sp³-hybridized carbons (Fsp3) is 0.0159. The van der Waals surface area contributed by atoms with Crippen molar-refractivity contribution in [3.05, 3.63) is 265 Å². The molecule has 68 heavy (non-hydrogen) atoms. The van der Waals surface area contributed by atoms with E-state index >= 15 is 0 Å². The van der Waals surface area contributed by atoms with E-state index in [1.54, 1.807) is 0 Å². The minimum atomic E-state index is -0.353. The number of hydrogen-bond donors (Lipinski definition) is 1. The van der Waals surface area contributed by atoms with Crippen molar-refractivity contribution in [1.82, 2.24) is 14.5 Å². The number of aromatic nitrogens is 2. The molecule has 12 aromatic rings. The number of para-hydroxylation sites is 3. The third kappa shape index (κ3) is 6.71. The number of aliphatic imine (C=N–C) groups is 2. The number of benzene rings is 10. The van der Waals surface area contributed by atoms with Crippen molar-refractivity contribution >= 4 is 55.3 Å².